The van der Waals surface area contributed by atoms with Gasteiger partial charge in [0.1, 0.15) is 5.71 Å². The molecule has 0 bridgehead atoms. The lowest BCUT2D eigenvalue weighted by atomic mass is 9.88. The minimum atomic E-state index is -0.958. The fourth-order valence-electron chi connectivity index (χ4n) is 2.97. The normalized spacial score (nSPS) is 14.8. The summed E-state index contributed by atoms with van der Waals surface area (Å²) in [6.07, 6.45) is 1.32. The van der Waals surface area contributed by atoms with Crippen molar-refractivity contribution in [1.82, 2.24) is 10.3 Å². The van der Waals surface area contributed by atoms with Crippen LogP contribution in [0.15, 0.2) is 35.4 Å². The number of carboxylic acids is 1. The SMILES string of the molecule is CCC(CC)(CC(=O)O)NC(=O)C1=NN(Cc2ccccc2)C(=O)CC1. The Hall–Kier alpha value is -2.70. The first-order valence-corrected chi connectivity index (χ1v) is 8.85. The van der Waals surface area contributed by atoms with Crippen LogP contribution >= 0.6 is 0 Å². The lowest BCUT2D eigenvalue weighted by molar-refractivity contribution is -0.139. The van der Waals surface area contributed by atoms with Crippen LogP contribution in [-0.4, -0.2) is 39.1 Å². The average Bonchev–Trinajstić information content (AvgIpc) is 2.63. The number of benzene rings is 1. The molecule has 0 spiro atoms. The Morgan fingerprint density at radius 1 is 1.19 bits per heavy atom. The number of hydrogen-bond acceptors (Lipinski definition) is 4. The van der Waals surface area contributed by atoms with Gasteiger partial charge >= 0.3 is 5.97 Å². The van der Waals surface area contributed by atoms with Gasteiger partial charge in [0, 0.05) is 12.8 Å². The van der Waals surface area contributed by atoms with Crippen molar-refractivity contribution in [3.05, 3.63) is 35.9 Å². The second kappa shape index (κ2) is 8.60. The zero-order chi connectivity index (χ0) is 19.2. The minimum absolute atomic E-state index is 0.131. The highest BCUT2D eigenvalue weighted by Crippen LogP contribution is 2.21. The van der Waals surface area contributed by atoms with E-state index in [0.717, 1.165) is 5.56 Å². The van der Waals surface area contributed by atoms with Crippen LogP contribution in [-0.2, 0) is 20.9 Å². The summed E-state index contributed by atoms with van der Waals surface area (Å²) in [6, 6.07) is 9.43. The molecule has 0 saturated carbocycles. The van der Waals surface area contributed by atoms with E-state index in [-0.39, 0.29) is 30.9 Å². The van der Waals surface area contributed by atoms with E-state index in [9.17, 15) is 14.4 Å². The minimum Gasteiger partial charge on any atom is -0.481 e. The smallest absolute Gasteiger partial charge is 0.305 e. The summed E-state index contributed by atoms with van der Waals surface area (Å²) >= 11 is 0. The van der Waals surface area contributed by atoms with E-state index in [2.05, 4.69) is 10.4 Å². The molecule has 0 aliphatic carbocycles. The molecule has 0 aromatic heterocycles. The summed E-state index contributed by atoms with van der Waals surface area (Å²) in [4.78, 5) is 35.9. The molecule has 2 rings (SSSR count). The van der Waals surface area contributed by atoms with Crippen LogP contribution in [0, 0.1) is 0 Å². The first-order chi connectivity index (χ1) is 12.4. The van der Waals surface area contributed by atoms with Crippen LogP contribution in [0.1, 0.15) is 51.5 Å². The summed E-state index contributed by atoms with van der Waals surface area (Å²) in [7, 11) is 0. The lowest BCUT2D eigenvalue weighted by Crippen LogP contribution is -2.52. The highest BCUT2D eigenvalue weighted by atomic mass is 16.4. The predicted octanol–water partition coefficient (Wildman–Crippen LogP) is 2.31. The van der Waals surface area contributed by atoms with Crippen molar-refractivity contribution in [2.75, 3.05) is 0 Å². The van der Waals surface area contributed by atoms with Gasteiger partial charge < -0.3 is 10.4 Å². The van der Waals surface area contributed by atoms with Crippen molar-refractivity contribution >= 4 is 23.5 Å². The summed E-state index contributed by atoms with van der Waals surface area (Å²) in [5.41, 5.74) is 0.378. The Bertz CT molecular complexity index is 696. The molecule has 1 aromatic rings. The maximum Gasteiger partial charge on any atom is 0.305 e. The molecule has 2 amide bonds. The van der Waals surface area contributed by atoms with Crippen LogP contribution in [0.25, 0.3) is 0 Å². The molecule has 2 N–H and O–H groups in total. The highest BCUT2D eigenvalue weighted by molar-refractivity contribution is 6.39. The van der Waals surface area contributed by atoms with Crippen LogP contribution in [0.3, 0.4) is 0 Å². The molecule has 0 saturated heterocycles. The van der Waals surface area contributed by atoms with Crippen molar-refractivity contribution < 1.29 is 19.5 Å². The van der Waals surface area contributed by atoms with Gasteiger partial charge in [-0.05, 0) is 18.4 Å². The maximum absolute atomic E-state index is 12.6. The molecule has 1 aliphatic heterocycles. The van der Waals surface area contributed by atoms with E-state index in [1.54, 1.807) is 0 Å². The summed E-state index contributed by atoms with van der Waals surface area (Å²) in [5, 5.41) is 17.5. The molecule has 26 heavy (non-hydrogen) atoms. The number of carboxylic acid groups (broad SMARTS) is 1. The summed E-state index contributed by atoms with van der Waals surface area (Å²) in [5.74, 6) is -1.49. The Labute approximate surface area is 153 Å². The number of rotatable bonds is 8. The molecular formula is C19H25N3O4. The Kier molecular flexibility index (Phi) is 6.49. The first kappa shape index (κ1) is 19.6. The molecule has 0 unspecified atom stereocenters. The van der Waals surface area contributed by atoms with Crippen molar-refractivity contribution in [3.8, 4) is 0 Å². The number of nitrogens with zero attached hydrogens (tertiary/aromatic N) is 2. The second-order valence-electron chi connectivity index (χ2n) is 6.50. The average molecular weight is 359 g/mol. The third-order valence-corrected chi connectivity index (χ3v) is 4.76. The van der Waals surface area contributed by atoms with Gasteiger partial charge in [-0.15, -0.1) is 0 Å². The topological polar surface area (TPSA) is 99.1 Å². The summed E-state index contributed by atoms with van der Waals surface area (Å²) in [6.45, 7) is 4.00. The maximum atomic E-state index is 12.6. The van der Waals surface area contributed by atoms with Crippen LogP contribution < -0.4 is 5.32 Å². The largest absolute Gasteiger partial charge is 0.481 e. The Morgan fingerprint density at radius 2 is 1.85 bits per heavy atom. The van der Waals surface area contributed by atoms with Gasteiger partial charge in [0.05, 0.1) is 18.5 Å². The third kappa shape index (κ3) is 4.91. The molecule has 7 heteroatoms. The molecular weight excluding hydrogens is 334 g/mol. The highest BCUT2D eigenvalue weighted by Gasteiger charge is 2.33. The first-order valence-electron chi connectivity index (χ1n) is 8.85. The van der Waals surface area contributed by atoms with E-state index in [1.165, 1.54) is 5.01 Å². The van der Waals surface area contributed by atoms with E-state index in [4.69, 9.17) is 5.11 Å². The number of hydrazone groups is 1. The molecule has 0 radical (unpaired) electrons. The van der Waals surface area contributed by atoms with Crippen LogP contribution in [0.2, 0.25) is 0 Å². The van der Waals surface area contributed by atoms with Gasteiger partial charge in [0.2, 0.25) is 5.91 Å². The molecule has 1 aliphatic rings. The molecule has 140 valence electrons. The Balaban J connectivity index is 2.15. The van der Waals surface area contributed by atoms with Gasteiger partial charge in [-0.1, -0.05) is 44.2 Å². The van der Waals surface area contributed by atoms with Gasteiger partial charge in [-0.25, -0.2) is 5.01 Å². The van der Waals surface area contributed by atoms with Gasteiger partial charge in [-0.2, -0.15) is 5.10 Å². The summed E-state index contributed by atoms with van der Waals surface area (Å²) < 4.78 is 0. The molecule has 1 heterocycles. The number of nitrogens with one attached hydrogen (secondary N) is 1. The monoisotopic (exact) mass is 359 g/mol. The second-order valence-corrected chi connectivity index (χ2v) is 6.50. The number of carbonyl (C=O) groups is 3. The number of carbonyl (C=O) groups excluding carboxylic acids is 2. The van der Waals surface area contributed by atoms with E-state index in [0.29, 0.717) is 19.4 Å². The van der Waals surface area contributed by atoms with Crippen molar-refractivity contribution in [2.45, 2.75) is 58.0 Å². The standard InChI is InChI=1S/C19H25N3O4/c1-3-19(4-2,12-17(24)25)20-18(26)15-10-11-16(23)22(21-15)13-14-8-6-5-7-9-14/h5-9H,3-4,10-13H2,1-2H3,(H,20,26)(H,24,25). The van der Waals surface area contributed by atoms with Crippen molar-refractivity contribution in [3.63, 3.8) is 0 Å². The van der Waals surface area contributed by atoms with Crippen molar-refractivity contribution in [2.24, 2.45) is 5.10 Å². The zero-order valence-corrected chi connectivity index (χ0v) is 15.2. The van der Waals surface area contributed by atoms with Gasteiger partial charge in [0.15, 0.2) is 0 Å². The fraction of sp³-hybridized carbons (Fsp3) is 0.474. The molecule has 0 atom stereocenters. The fourth-order valence-corrected chi connectivity index (χ4v) is 2.97. The molecule has 0 fully saturated rings. The number of hydrogen-bond donors (Lipinski definition) is 2. The quantitative estimate of drug-likeness (QED) is 0.744. The third-order valence-electron chi connectivity index (χ3n) is 4.76. The zero-order valence-electron chi connectivity index (χ0n) is 15.2. The van der Waals surface area contributed by atoms with E-state index in [1.807, 2.05) is 44.2 Å². The van der Waals surface area contributed by atoms with E-state index >= 15 is 0 Å². The predicted molar refractivity (Wildman–Crippen MR) is 97.4 cm³/mol. The van der Waals surface area contributed by atoms with Crippen LogP contribution in [0.4, 0.5) is 0 Å². The molecule has 1 aromatic carbocycles. The number of amides is 2. The lowest BCUT2D eigenvalue weighted by Gasteiger charge is -2.32. The van der Waals surface area contributed by atoms with Gasteiger partial charge in [-0.3, -0.25) is 14.4 Å². The van der Waals surface area contributed by atoms with E-state index < -0.39 is 17.4 Å². The number of aliphatic carboxylic acids is 1. The van der Waals surface area contributed by atoms with Crippen molar-refractivity contribution in [1.29, 1.82) is 0 Å². The van der Waals surface area contributed by atoms with Crippen LogP contribution in [0.5, 0.6) is 0 Å². The van der Waals surface area contributed by atoms with Gasteiger partial charge in [0.25, 0.3) is 5.91 Å². The molecule has 7 nitrogen and oxygen atoms in total. The Morgan fingerprint density at radius 3 is 2.42 bits per heavy atom.